The van der Waals surface area contributed by atoms with Crippen molar-refractivity contribution < 1.29 is 8.42 Å². The molecule has 0 saturated heterocycles. The van der Waals surface area contributed by atoms with Crippen LogP contribution in [0.3, 0.4) is 0 Å². The number of rotatable bonds is 5. The Morgan fingerprint density at radius 2 is 1.85 bits per heavy atom. The van der Waals surface area contributed by atoms with E-state index in [1.165, 1.54) is 18.4 Å². The molecule has 0 spiro atoms. The normalized spacial score (nSPS) is 12.3. The molecule has 0 atom stereocenters. The van der Waals surface area contributed by atoms with E-state index in [0.717, 1.165) is 22.7 Å². The second-order valence-electron chi connectivity index (χ2n) is 6.39. The number of nitrogens with zero attached hydrogens (tertiary/aromatic N) is 4. The van der Waals surface area contributed by atoms with Crippen molar-refractivity contribution in [3.63, 3.8) is 0 Å². The molecule has 0 fully saturated rings. The van der Waals surface area contributed by atoms with Gasteiger partial charge in [-0.2, -0.15) is 9.61 Å². The Labute approximate surface area is 161 Å². The molecule has 2 aromatic heterocycles. The van der Waals surface area contributed by atoms with Crippen LogP contribution in [0.25, 0.3) is 5.65 Å². The van der Waals surface area contributed by atoms with Crippen molar-refractivity contribution >= 4 is 43.1 Å². The minimum absolute atomic E-state index is 0.246. The molecular formula is C17H20BrN5O2S. The smallest absolute Gasteiger partial charge is 0.242 e. The number of hydrogen-bond acceptors (Lipinski definition) is 5. The summed E-state index contributed by atoms with van der Waals surface area (Å²) in [6.45, 7) is 4.19. The summed E-state index contributed by atoms with van der Waals surface area (Å²) in [5.41, 5.74) is 2.59. The van der Waals surface area contributed by atoms with E-state index in [1.807, 2.05) is 12.3 Å². The zero-order chi connectivity index (χ0) is 19.1. The second-order valence-corrected chi connectivity index (χ2v) is 9.36. The monoisotopic (exact) mass is 437 g/mol. The van der Waals surface area contributed by atoms with E-state index in [1.54, 1.807) is 28.8 Å². The number of nitrogens with one attached hydrogen (secondary N) is 1. The Hall–Kier alpha value is -1.97. The summed E-state index contributed by atoms with van der Waals surface area (Å²) >= 11 is 3.44. The summed E-state index contributed by atoms with van der Waals surface area (Å²) < 4.78 is 28.0. The lowest BCUT2D eigenvalue weighted by Gasteiger charge is -2.13. The minimum atomic E-state index is -3.44. The first-order chi connectivity index (χ1) is 12.2. The summed E-state index contributed by atoms with van der Waals surface area (Å²) in [6, 6.07) is 8.43. The molecule has 0 bridgehead atoms. The maximum absolute atomic E-state index is 12.2. The van der Waals surface area contributed by atoms with Crippen LogP contribution in [0.15, 0.2) is 46.0 Å². The van der Waals surface area contributed by atoms with Gasteiger partial charge in [-0.25, -0.2) is 17.7 Å². The fourth-order valence-electron chi connectivity index (χ4n) is 2.52. The summed E-state index contributed by atoms with van der Waals surface area (Å²) in [6.07, 6.45) is 1.82. The van der Waals surface area contributed by atoms with Gasteiger partial charge in [0.15, 0.2) is 5.65 Å². The van der Waals surface area contributed by atoms with E-state index in [0.29, 0.717) is 10.5 Å². The first-order valence-electron chi connectivity index (χ1n) is 8.04. The van der Waals surface area contributed by atoms with Gasteiger partial charge in [-0.15, -0.1) is 0 Å². The molecule has 26 heavy (non-hydrogen) atoms. The molecule has 138 valence electrons. The van der Waals surface area contributed by atoms with Crippen molar-refractivity contribution in [2.75, 3.05) is 19.4 Å². The van der Waals surface area contributed by atoms with Crippen LogP contribution in [0.5, 0.6) is 0 Å². The fourth-order valence-corrected chi connectivity index (χ4v) is 3.80. The Kier molecular flexibility index (Phi) is 5.05. The van der Waals surface area contributed by atoms with Crippen molar-refractivity contribution in [3.05, 3.63) is 46.7 Å². The topological polar surface area (TPSA) is 79.6 Å². The number of aromatic nitrogens is 3. The van der Waals surface area contributed by atoms with Crippen LogP contribution in [-0.4, -0.2) is 41.4 Å². The number of sulfonamides is 1. The Balaban J connectivity index is 1.97. The average Bonchev–Trinajstić information content (AvgIpc) is 2.99. The van der Waals surface area contributed by atoms with E-state index < -0.39 is 10.0 Å². The first kappa shape index (κ1) is 18.8. The molecule has 0 unspecified atom stereocenters. The Morgan fingerprint density at radius 3 is 2.42 bits per heavy atom. The minimum Gasteiger partial charge on any atom is -0.340 e. The average molecular weight is 438 g/mol. The molecule has 0 aliphatic carbocycles. The lowest BCUT2D eigenvalue weighted by Crippen LogP contribution is -2.22. The van der Waals surface area contributed by atoms with Gasteiger partial charge in [0.2, 0.25) is 10.0 Å². The maximum atomic E-state index is 12.2. The molecule has 0 aliphatic heterocycles. The molecule has 9 heteroatoms. The molecule has 0 saturated carbocycles. The Bertz CT molecular complexity index is 1040. The summed E-state index contributed by atoms with van der Waals surface area (Å²) in [4.78, 5) is 4.76. The van der Waals surface area contributed by atoms with Crippen molar-refractivity contribution in [2.45, 2.75) is 24.7 Å². The van der Waals surface area contributed by atoms with E-state index >= 15 is 0 Å². The highest BCUT2D eigenvalue weighted by atomic mass is 79.9. The maximum Gasteiger partial charge on any atom is 0.242 e. The number of benzene rings is 1. The van der Waals surface area contributed by atoms with E-state index in [4.69, 9.17) is 0 Å². The van der Waals surface area contributed by atoms with Gasteiger partial charge in [0, 0.05) is 31.4 Å². The fraction of sp³-hybridized carbons (Fsp3) is 0.294. The summed E-state index contributed by atoms with van der Waals surface area (Å²) in [7, 11) is -0.422. The number of hydrogen-bond donors (Lipinski definition) is 1. The quantitative estimate of drug-likeness (QED) is 0.616. The van der Waals surface area contributed by atoms with Gasteiger partial charge in [0.1, 0.15) is 10.4 Å². The van der Waals surface area contributed by atoms with Crippen LogP contribution in [0, 0.1) is 0 Å². The van der Waals surface area contributed by atoms with Crippen LogP contribution in [0.4, 0.5) is 11.5 Å². The van der Waals surface area contributed by atoms with Gasteiger partial charge in [0.05, 0.1) is 11.1 Å². The lowest BCUT2D eigenvalue weighted by atomic mass is 10.1. The highest BCUT2D eigenvalue weighted by molar-refractivity contribution is 9.10. The van der Waals surface area contributed by atoms with Crippen LogP contribution in [0.1, 0.15) is 25.3 Å². The summed E-state index contributed by atoms with van der Waals surface area (Å²) in [5, 5.41) is 7.70. The van der Waals surface area contributed by atoms with Crippen LogP contribution in [0.2, 0.25) is 0 Å². The number of fused-ring (bicyclic) bond motifs is 1. The van der Waals surface area contributed by atoms with Crippen molar-refractivity contribution in [1.82, 2.24) is 18.9 Å². The molecule has 1 N–H and O–H groups in total. The van der Waals surface area contributed by atoms with Gasteiger partial charge in [-0.1, -0.05) is 13.8 Å². The standard InChI is InChI=1S/C17H20BrN5O2S/c1-11(2)14-10-19-23-16(9-15(18)21-17(14)23)20-12-5-7-13(8-6-12)26(24,25)22(3)4/h5-11,20H,1-4H3. The highest BCUT2D eigenvalue weighted by Gasteiger charge is 2.17. The van der Waals surface area contributed by atoms with Crippen LogP contribution in [-0.2, 0) is 10.0 Å². The van der Waals surface area contributed by atoms with Crippen molar-refractivity contribution in [3.8, 4) is 0 Å². The van der Waals surface area contributed by atoms with E-state index in [9.17, 15) is 8.42 Å². The van der Waals surface area contributed by atoms with Gasteiger partial charge in [0.25, 0.3) is 0 Å². The van der Waals surface area contributed by atoms with Crippen molar-refractivity contribution in [1.29, 1.82) is 0 Å². The molecule has 7 nitrogen and oxygen atoms in total. The second kappa shape index (κ2) is 6.98. The number of halogens is 1. The van der Waals surface area contributed by atoms with Gasteiger partial charge < -0.3 is 5.32 Å². The largest absolute Gasteiger partial charge is 0.340 e. The van der Waals surface area contributed by atoms with E-state index in [-0.39, 0.29) is 4.90 Å². The molecular weight excluding hydrogens is 418 g/mol. The predicted octanol–water partition coefficient (Wildman–Crippen LogP) is 3.61. The van der Waals surface area contributed by atoms with Gasteiger partial charge in [-0.05, 0) is 46.1 Å². The highest BCUT2D eigenvalue weighted by Crippen LogP contribution is 2.26. The third kappa shape index (κ3) is 3.46. The van der Waals surface area contributed by atoms with Gasteiger partial charge >= 0.3 is 0 Å². The van der Waals surface area contributed by atoms with Crippen LogP contribution < -0.4 is 5.32 Å². The molecule has 3 aromatic rings. The molecule has 2 heterocycles. The molecule has 3 rings (SSSR count). The molecule has 0 amide bonds. The number of anilines is 2. The van der Waals surface area contributed by atoms with Crippen LogP contribution >= 0.6 is 15.9 Å². The van der Waals surface area contributed by atoms with Gasteiger partial charge in [-0.3, -0.25) is 0 Å². The first-order valence-corrected chi connectivity index (χ1v) is 10.3. The van der Waals surface area contributed by atoms with Crippen molar-refractivity contribution in [2.24, 2.45) is 0 Å². The molecule has 0 radical (unpaired) electrons. The molecule has 1 aromatic carbocycles. The summed E-state index contributed by atoms with van der Waals surface area (Å²) in [5.74, 6) is 1.04. The zero-order valence-electron chi connectivity index (χ0n) is 14.9. The third-order valence-corrected chi connectivity index (χ3v) is 6.23. The SMILES string of the molecule is CC(C)c1cnn2c(Nc3ccc(S(=O)(=O)N(C)C)cc3)cc(Br)nc12. The van der Waals surface area contributed by atoms with E-state index in [2.05, 4.69) is 45.2 Å². The third-order valence-electron chi connectivity index (χ3n) is 4.00. The predicted molar refractivity (Wildman–Crippen MR) is 105 cm³/mol. The Morgan fingerprint density at radius 1 is 1.19 bits per heavy atom. The zero-order valence-corrected chi connectivity index (χ0v) is 17.3. The molecule has 0 aliphatic rings. The lowest BCUT2D eigenvalue weighted by molar-refractivity contribution is 0.521.